The van der Waals surface area contributed by atoms with Crippen LogP contribution >= 0.6 is 11.3 Å². The lowest BCUT2D eigenvalue weighted by Gasteiger charge is -2.09. The van der Waals surface area contributed by atoms with E-state index >= 15 is 0 Å². The number of hydrogen-bond donors (Lipinski definition) is 1. The molecule has 0 saturated carbocycles. The van der Waals surface area contributed by atoms with E-state index in [1.54, 1.807) is 35.7 Å². The summed E-state index contributed by atoms with van der Waals surface area (Å²) in [5, 5.41) is 8.97. The van der Waals surface area contributed by atoms with Gasteiger partial charge in [0.25, 0.3) is 0 Å². The van der Waals surface area contributed by atoms with Crippen molar-refractivity contribution >= 4 is 34.6 Å². The van der Waals surface area contributed by atoms with E-state index in [9.17, 15) is 14.0 Å². The van der Waals surface area contributed by atoms with Gasteiger partial charge in [-0.3, -0.25) is 4.79 Å². The Morgan fingerprint density at radius 3 is 2.91 bits per heavy atom. The van der Waals surface area contributed by atoms with Crippen molar-refractivity contribution in [2.24, 2.45) is 5.16 Å². The number of amides is 1. The van der Waals surface area contributed by atoms with Crippen LogP contribution in [-0.4, -0.2) is 35.8 Å². The average Bonchev–Trinajstić information content (AvgIpc) is 3.48. The Balaban J connectivity index is 1.25. The van der Waals surface area contributed by atoms with Crippen molar-refractivity contribution in [1.82, 2.24) is 4.98 Å². The molecular formula is C23H20FN3O5S. The van der Waals surface area contributed by atoms with Gasteiger partial charge in [0.1, 0.15) is 23.2 Å². The van der Waals surface area contributed by atoms with Gasteiger partial charge in [0.05, 0.1) is 30.6 Å². The number of benzene rings is 2. The van der Waals surface area contributed by atoms with Gasteiger partial charge in [-0.2, -0.15) is 0 Å². The molecule has 1 unspecified atom stereocenters. The molecule has 1 atom stereocenters. The fraction of sp³-hybridized carbons (Fsp3) is 0.217. The number of para-hydroxylation sites is 2. The molecule has 0 saturated heterocycles. The van der Waals surface area contributed by atoms with E-state index in [1.165, 1.54) is 30.6 Å². The Kier molecular flexibility index (Phi) is 6.94. The molecule has 2 aromatic carbocycles. The summed E-state index contributed by atoms with van der Waals surface area (Å²) in [7, 11) is 1.53. The van der Waals surface area contributed by atoms with E-state index in [4.69, 9.17) is 14.3 Å². The number of hydrogen-bond acceptors (Lipinski definition) is 8. The highest BCUT2D eigenvalue weighted by atomic mass is 32.1. The van der Waals surface area contributed by atoms with Gasteiger partial charge in [-0.1, -0.05) is 29.4 Å². The molecule has 1 aliphatic rings. The lowest BCUT2D eigenvalue weighted by molar-refractivity contribution is -0.156. The minimum absolute atomic E-state index is 0.0569. The minimum Gasteiger partial charge on any atom is -0.495 e. The first kappa shape index (κ1) is 22.4. The standard InChI is InChI=1S/C23H20FN3O5S/c1-30-19-8-3-2-7-17(19)26-21(28)11-22-25-16(13-33-22)12-31-23(29)20-10-18(27-32-20)14-5-4-6-15(24)9-14/h2-9,13,20H,10-12H2,1H3,(H,26,28). The van der Waals surface area contributed by atoms with Crippen LogP contribution in [0.25, 0.3) is 0 Å². The molecule has 0 fully saturated rings. The summed E-state index contributed by atoms with van der Waals surface area (Å²) >= 11 is 1.30. The van der Waals surface area contributed by atoms with Crippen molar-refractivity contribution in [3.63, 3.8) is 0 Å². The number of methoxy groups -OCH3 is 1. The number of thiazole rings is 1. The number of aromatic nitrogens is 1. The maximum atomic E-state index is 13.4. The third kappa shape index (κ3) is 5.72. The molecule has 1 amide bonds. The van der Waals surface area contributed by atoms with Gasteiger partial charge in [0.2, 0.25) is 12.0 Å². The van der Waals surface area contributed by atoms with E-state index < -0.39 is 17.9 Å². The van der Waals surface area contributed by atoms with Gasteiger partial charge < -0.3 is 19.6 Å². The highest BCUT2D eigenvalue weighted by Gasteiger charge is 2.30. The molecule has 0 bridgehead atoms. The normalized spacial score (nSPS) is 14.8. The fourth-order valence-corrected chi connectivity index (χ4v) is 3.93. The van der Waals surface area contributed by atoms with Crippen LogP contribution in [0.15, 0.2) is 59.1 Å². The molecule has 170 valence electrons. The summed E-state index contributed by atoms with van der Waals surface area (Å²) in [5.74, 6) is -0.652. The first-order chi connectivity index (χ1) is 16.0. The lowest BCUT2D eigenvalue weighted by Crippen LogP contribution is -2.23. The number of rotatable bonds is 8. The summed E-state index contributed by atoms with van der Waals surface area (Å²) in [6.07, 6.45) is -0.631. The van der Waals surface area contributed by atoms with Gasteiger partial charge in [-0.15, -0.1) is 11.3 Å². The van der Waals surface area contributed by atoms with Crippen molar-refractivity contribution in [1.29, 1.82) is 0 Å². The number of halogens is 1. The first-order valence-electron chi connectivity index (χ1n) is 10.0. The van der Waals surface area contributed by atoms with Crippen molar-refractivity contribution in [2.75, 3.05) is 12.4 Å². The molecule has 33 heavy (non-hydrogen) atoms. The van der Waals surface area contributed by atoms with Crippen molar-refractivity contribution in [3.05, 3.63) is 76.0 Å². The van der Waals surface area contributed by atoms with Crippen LogP contribution in [0.3, 0.4) is 0 Å². The number of oxime groups is 1. The third-order valence-electron chi connectivity index (χ3n) is 4.74. The van der Waals surface area contributed by atoms with Crippen LogP contribution in [0.5, 0.6) is 5.75 Å². The Bertz CT molecular complexity index is 1200. The topological polar surface area (TPSA) is 99.1 Å². The zero-order chi connectivity index (χ0) is 23.2. The number of ether oxygens (including phenoxy) is 2. The summed E-state index contributed by atoms with van der Waals surface area (Å²) in [5.41, 5.74) is 2.14. The van der Waals surface area contributed by atoms with Crippen LogP contribution in [-0.2, 0) is 32.2 Å². The second kappa shape index (κ2) is 10.2. The summed E-state index contributed by atoms with van der Waals surface area (Å²) < 4.78 is 23.9. The Morgan fingerprint density at radius 1 is 1.24 bits per heavy atom. The molecule has 1 aromatic heterocycles. The predicted molar refractivity (Wildman–Crippen MR) is 120 cm³/mol. The van der Waals surface area contributed by atoms with Gasteiger partial charge in [-0.05, 0) is 24.3 Å². The lowest BCUT2D eigenvalue weighted by atomic mass is 10.1. The van der Waals surface area contributed by atoms with Crippen LogP contribution in [0.1, 0.15) is 22.7 Å². The molecule has 0 spiro atoms. The Labute approximate surface area is 193 Å². The highest BCUT2D eigenvalue weighted by Crippen LogP contribution is 2.24. The number of nitrogens with zero attached hydrogens (tertiary/aromatic N) is 2. The molecule has 1 aliphatic heterocycles. The zero-order valence-electron chi connectivity index (χ0n) is 17.6. The summed E-state index contributed by atoms with van der Waals surface area (Å²) in [6, 6.07) is 13.0. The van der Waals surface area contributed by atoms with Gasteiger partial charge in [0.15, 0.2) is 0 Å². The molecule has 2 heterocycles. The number of anilines is 1. The van der Waals surface area contributed by atoms with Crippen molar-refractivity contribution in [2.45, 2.75) is 25.6 Å². The quantitative estimate of drug-likeness (QED) is 0.505. The smallest absolute Gasteiger partial charge is 0.351 e. The molecule has 0 aliphatic carbocycles. The highest BCUT2D eigenvalue weighted by molar-refractivity contribution is 7.09. The fourth-order valence-electron chi connectivity index (χ4n) is 3.16. The molecule has 10 heteroatoms. The van der Waals surface area contributed by atoms with E-state index in [2.05, 4.69) is 15.5 Å². The molecular weight excluding hydrogens is 449 g/mol. The van der Waals surface area contributed by atoms with Crippen molar-refractivity contribution in [3.8, 4) is 5.75 Å². The van der Waals surface area contributed by atoms with Gasteiger partial charge >= 0.3 is 5.97 Å². The zero-order valence-corrected chi connectivity index (χ0v) is 18.4. The van der Waals surface area contributed by atoms with E-state index in [0.717, 1.165) is 0 Å². The average molecular weight is 469 g/mol. The van der Waals surface area contributed by atoms with Gasteiger partial charge in [0, 0.05) is 17.4 Å². The number of esters is 1. The van der Waals surface area contributed by atoms with Crippen molar-refractivity contribution < 1.29 is 28.3 Å². The molecule has 4 rings (SSSR count). The SMILES string of the molecule is COc1ccccc1NC(=O)Cc1nc(COC(=O)C2CC(c3cccc(F)c3)=NO2)cs1. The second-order valence-electron chi connectivity index (χ2n) is 7.11. The largest absolute Gasteiger partial charge is 0.495 e. The van der Waals surface area contributed by atoms with Crippen LogP contribution < -0.4 is 10.1 Å². The summed E-state index contributed by atoms with van der Waals surface area (Å²) in [4.78, 5) is 34.1. The minimum atomic E-state index is -0.895. The molecule has 8 nitrogen and oxygen atoms in total. The van der Waals surface area contributed by atoms with E-state index in [1.807, 2.05) is 6.07 Å². The number of carbonyl (C=O) groups excluding carboxylic acids is 2. The summed E-state index contributed by atoms with van der Waals surface area (Å²) in [6.45, 7) is -0.0569. The number of nitrogens with one attached hydrogen (secondary N) is 1. The maximum absolute atomic E-state index is 13.4. The van der Waals surface area contributed by atoms with Gasteiger partial charge in [-0.25, -0.2) is 14.2 Å². The second-order valence-corrected chi connectivity index (χ2v) is 8.05. The molecule has 1 N–H and O–H groups in total. The first-order valence-corrected chi connectivity index (χ1v) is 10.9. The number of carbonyl (C=O) groups is 2. The maximum Gasteiger partial charge on any atom is 0.351 e. The Morgan fingerprint density at radius 2 is 2.09 bits per heavy atom. The van der Waals surface area contributed by atoms with E-state index in [0.29, 0.717) is 33.4 Å². The van der Waals surface area contributed by atoms with Crippen LogP contribution in [0, 0.1) is 5.82 Å². The Hall–Kier alpha value is -3.79. The predicted octanol–water partition coefficient (Wildman–Crippen LogP) is 3.71. The molecule has 0 radical (unpaired) electrons. The van der Waals surface area contributed by atoms with Crippen LogP contribution in [0.4, 0.5) is 10.1 Å². The van der Waals surface area contributed by atoms with E-state index in [-0.39, 0.29) is 25.4 Å². The van der Waals surface area contributed by atoms with Crippen LogP contribution in [0.2, 0.25) is 0 Å². The monoisotopic (exact) mass is 469 g/mol. The molecule has 3 aromatic rings. The third-order valence-corrected chi connectivity index (χ3v) is 5.64.